The number of rotatable bonds is 46. The number of hydrogen-bond acceptors (Lipinski definition) is 22. The lowest BCUT2D eigenvalue weighted by atomic mass is 9.99. The van der Waals surface area contributed by atoms with E-state index in [-0.39, 0.29) is 45.2 Å². The van der Waals surface area contributed by atoms with Crippen molar-refractivity contribution in [2.45, 2.75) is 237 Å². The van der Waals surface area contributed by atoms with Crippen LogP contribution in [0.4, 0.5) is 0 Å². The van der Waals surface area contributed by atoms with Crippen molar-refractivity contribution in [2.24, 2.45) is 35.0 Å². The third-order valence-corrected chi connectivity index (χ3v) is 15.5. The van der Waals surface area contributed by atoms with E-state index in [1.54, 1.807) is 13.8 Å². The molecule has 39 heteroatoms. The summed E-state index contributed by atoms with van der Waals surface area (Å²) < 4.78 is 0. The van der Waals surface area contributed by atoms with Gasteiger partial charge in [-0.2, -0.15) is 0 Å². The lowest BCUT2D eigenvalue weighted by Gasteiger charge is -2.31. The summed E-state index contributed by atoms with van der Waals surface area (Å²) in [5.41, 5.74) is 16.1. The molecule has 0 saturated carbocycles. The van der Waals surface area contributed by atoms with E-state index < -0.39 is 261 Å². The van der Waals surface area contributed by atoms with E-state index in [0.29, 0.717) is 6.42 Å². The molecule has 0 aromatic rings. The molecule has 1 aliphatic rings. The van der Waals surface area contributed by atoms with Gasteiger partial charge in [0.15, 0.2) is 0 Å². The molecule has 1 rings (SSSR count). The summed E-state index contributed by atoms with van der Waals surface area (Å²) in [6.45, 7) is 11.8. The largest absolute Gasteiger partial charge is 0.481 e. The standard InChI is InChI=1S/C60H101N15O24/c1-26(2)23-36(52(90)72-47(30(8)77)58(96)74-46(29(7)76)56(94)67-32(15-18-41(81)82)49(87)68-35(60(98)99)13-10-11-21-61)69-50(88)33(16-19-42(83)84)65-54(92)44(27(3)4)70-51(89)34(17-20-43(85)86)66-55(93)45(28(5)6)71-57(95)48(31(9)78)73-53(91)38-14-12-22-75(38)59(97)37(24-39(63)79)64-40(80)25-62/h26-38,44-48,76-78H,10-25,61-62H2,1-9H3,(H2,63,79)(H,64,80)(H,65,92)(H,66,93)(H,67,94)(H,68,87)(H,69,88)(H,70,89)(H,71,95)(H,72,90)(H,73,91)(H,74,96)(H,81,82)(H,83,84)(H,85,86)(H,98,99)/t29-,30-,31-,32+,33+,34+,35+,36+,37+,38+,44+,45+,46+,47+,48+/m1/s1. The number of carboxylic acid groups (broad SMARTS) is 4. The number of carboxylic acids is 4. The number of primary amides is 1. The third kappa shape index (κ3) is 31.0. The Morgan fingerprint density at radius 2 is 0.778 bits per heavy atom. The summed E-state index contributed by atoms with van der Waals surface area (Å²) in [4.78, 5) is 225. The molecule has 13 amide bonds. The quantitative estimate of drug-likeness (QED) is 0.0252. The predicted molar refractivity (Wildman–Crippen MR) is 344 cm³/mol. The molecule has 0 aromatic heterocycles. The Morgan fingerprint density at radius 1 is 0.424 bits per heavy atom. The second-order valence-corrected chi connectivity index (χ2v) is 25.2. The molecule has 0 aliphatic carbocycles. The maximum absolute atomic E-state index is 14.2. The van der Waals surface area contributed by atoms with Gasteiger partial charge in [0.2, 0.25) is 76.8 Å². The van der Waals surface area contributed by atoms with Crippen LogP contribution in [-0.4, -0.2) is 252 Å². The molecule has 0 radical (unpaired) electrons. The molecule has 0 spiro atoms. The second kappa shape index (κ2) is 43.2. The van der Waals surface area contributed by atoms with Crippen molar-refractivity contribution >= 4 is 101 Å². The van der Waals surface area contributed by atoms with Crippen LogP contribution in [0.15, 0.2) is 0 Å². The van der Waals surface area contributed by atoms with Crippen LogP contribution in [0.3, 0.4) is 0 Å². The Hall–Kier alpha value is -9.21. The minimum absolute atomic E-state index is 0.0317. The number of unbranched alkanes of at least 4 members (excludes halogenated alkanes) is 1. The Balaban J connectivity index is 3.52. The monoisotopic (exact) mass is 1420 g/mol. The molecule has 560 valence electrons. The number of nitrogens with one attached hydrogen (secondary N) is 11. The van der Waals surface area contributed by atoms with Crippen LogP contribution in [0, 0.1) is 17.8 Å². The highest BCUT2D eigenvalue weighted by Crippen LogP contribution is 2.21. The number of hydrogen-bond donors (Lipinski definition) is 21. The van der Waals surface area contributed by atoms with Crippen molar-refractivity contribution in [1.82, 2.24) is 63.4 Å². The molecule has 24 N–H and O–H groups in total. The zero-order valence-corrected chi connectivity index (χ0v) is 57.0. The molecule has 1 heterocycles. The summed E-state index contributed by atoms with van der Waals surface area (Å²) in [6, 6.07) is -20.4. The van der Waals surface area contributed by atoms with Crippen molar-refractivity contribution in [1.29, 1.82) is 0 Å². The molecular weight excluding hydrogens is 1310 g/mol. The smallest absolute Gasteiger partial charge is 0.326 e. The number of carbonyl (C=O) groups is 17. The van der Waals surface area contributed by atoms with Crippen molar-refractivity contribution < 1.29 is 117 Å². The van der Waals surface area contributed by atoms with E-state index in [4.69, 9.17) is 17.2 Å². The fraction of sp³-hybridized carbons (Fsp3) is 0.717. The summed E-state index contributed by atoms with van der Waals surface area (Å²) in [5, 5.41) is 96.0. The maximum Gasteiger partial charge on any atom is 0.326 e. The SMILES string of the molecule is CC(C)C[C@H](NC(=O)[C@H](CCC(=O)O)NC(=O)[C@@H](NC(=O)[C@H](CCC(=O)O)NC(=O)[C@@H](NC(=O)[C@@H](NC(=O)[C@@H]1CCCN1C(=O)[C@H](CC(N)=O)NC(=O)CN)[C@@H](C)O)C(C)C)C(C)C)C(=O)N[C@H](C(=O)N[C@H](C(=O)N[C@@H](CCC(=O)O)C(=O)N[C@@H](CCCCN)C(=O)O)[C@@H](C)O)[C@@H](C)O. The number of nitrogens with two attached hydrogens (primary N) is 3. The minimum atomic E-state index is -2.00. The highest BCUT2D eigenvalue weighted by Gasteiger charge is 2.43. The number of aliphatic hydroxyl groups excluding tert-OH is 3. The van der Waals surface area contributed by atoms with Gasteiger partial charge in [0.05, 0.1) is 31.3 Å². The molecule has 99 heavy (non-hydrogen) atoms. The van der Waals surface area contributed by atoms with Gasteiger partial charge < -0.3 is 116 Å². The number of amides is 13. The van der Waals surface area contributed by atoms with Crippen LogP contribution in [-0.2, 0) is 81.5 Å². The Labute approximate surface area is 570 Å². The summed E-state index contributed by atoms with van der Waals surface area (Å²) in [5.74, 6) is -22.3. The topological polar surface area (TPSA) is 645 Å². The van der Waals surface area contributed by atoms with Crippen molar-refractivity contribution in [3.05, 3.63) is 0 Å². The van der Waals surface area contributed by atoms with Gasteiger partial charge in [0.25, 0.3) is 0 Å². The van der Waals surface area contributed by atoms with Crippen molar-refractivity contribution in [3.8, 4) is 0 Å². The highest BCUT2D eigenvalue weighted by molar-refractivity contribution is 6.01. The van der Waals surface area contributed by atoms with E-state index >= 15 is 0 Å². The van der Waals surface area contributed by atoms with Gasteiger partial charge in [0, 0.05) is 25.8 Å². The van der Waals surface area contributed by atoms with E-state index in [9.17, 15) is 117 Å². The van der Waals surface area contributed by atoms with Crippen LogP contribution in [0.25, 0.3) is 0 Å². The Morgan fingerprint density at radius 3 is 1.15 bits per heavy atom. The van der Waals surface area contributed by atoms with Gasteiger partial charge in [-0.3, -0.25) is 76.7 Å². The molecule has 1 fully saturated rings. The number of aliphatic carboxylic acids is 4. The van der Waals surface area contributed by atoms with Gasteiger partial charge in [-0.25, -0.2) is 4.79 Å². The first kappa shape index (κ1) is 87.8. The fourth-order valence-corrected chi connectivity index (χ4v) is 10.1. The highest BCUT2D eigenvalue weighted by atomic mass is 16.4. The molecular formula is C60H101N15O24. The van der Waals surface area contributed by atoms with E-state index in [1.807, 2.05) is 0 Å². The zero-order chi connectivity index (χ0) is 75.9. The van der Waals surface area contributed by atoms with E-state index in [0.717, 1.165) is 25.7 Å². The molecule has 0 bridgehead atoms. The first-order chi connectivity index (χ1) is 46.1. The predicted octanol–water partition coefficient (Wildman–Crippen LogP) is -7.55. The molecule has 39 nitrogen and oxygen atoms in total. The van der Waals surface area contributed by atoms with Crippen LogP contribution in [0.2, 0.25) is 0 Å². The number of aliphatic hydroxyl groups is 3. The Kier molecular flexibility index (Phi) is 38.4. The average molecular weight is 1420 g/mol. The van der Waals surface area contributed by atoms with Gasteiger partial charge in [-0.15, -0.1) is 0 Å². The van der Waals surface area contributed by atoms with Gasteiger partial charge in [-0.1, -0.05) is 41.5 Å². The molecule has 1 aliphatic heterocycles. The van der Waals surface area contributed by atoms with Crippen molar-refractivity contribution in [2.75, 3.05) is 19.6 Å². The molecule has 0 unspecified atom stereocenters. The average Bonchev–Trinajstić information content (AvgIpc) is 1.78. The van der Waals surface area contributed by atoms with Crippen LogP contribution < -0.4 is 75.7 Å². The van der Waals surface area contributed by atoms with Crippen molar-refractivity contribution in [3.63, 3.8) is 0 Å². The molecule has 15 atom stereocenters. The Bertz CT molecular complexity index is 2860. The van der Waals surface area contributed by atoms with Crippen LogP contribution >= 0.6 is 0 Å². The third-order valence-electron chi connectivity index (χ3n) is 15.5. The van der Waals surface area contributed by atoms with Gasteiger partial charge in [-0.05, 0) is 103 Å². The van der Waals surface area contributed by atoms with Crippen LogP contribution in [0.5, 0.6) is 0 Å². The maximum atomic E-state index is 14.2. The molecule has 1 saturated heterocycles. The minimum Gasteiger partial charge on any atom is -0.481 e. The normalized spacial score (nSPS) is 17.1. The first-order valence-electron chi connectivity index (χ1n) is 32.3. The number of carbonyl (C=O) groups excluding carboxylic acids is 13. The number of likely N-dealkylation sites (tertiary alicyclic amines) is 1. The first-order valence-corrected chi connectivity index (χ1v) is 32.3. The lowest BCUT2D eigenvalue weighted by molar-refractivity contribution is -0.143. The lowest BCUT2D eigenvalue weighted by Crippen LogP contribution is -2.63. The zero-order valence-electron chi connectivity index (χ0n) is 57.0. The summed E-state index contributed by atoms with van der Waals surface area (Å²) >= 11 is 0. The number of nitrogens with zero attached hydrogens (tertiary/aromatic N) is 1. The summed E-state index contributed by atoms with van der Waals surface area (Å²) in [6.07, 6.45) is -9.48. The van der Waals surface area contributed by atoms with E-state index in [2.05, 4.69) is 58.5 Å². The second-order valence-electron chi connectivity index (χ2n) is 25.2. The van der Waals surface area contributed by atoms with Gasteiger partial charge in [0.1, 0.15) is 72.5 Å². The van der Waals surface area contributed by atoms with E-state index in [1.165, 1.54) is 27.7 Å². The molecule has 0 aromatic carbocycles. The van der Waals surface area contributed by atoms with Gasteiger partial charge >= 0.3 is 23.9 Å². The summed E-state index contributed by atoms with van der Waals surface area (Å²) in [7, 11) is 0. The fourth-order valence-electron chi connectivity index (χ4n) is 10.1. The van der Waals surface area contributed by atoms with Crippen LogP contribution in [0.1, 0.15) is 146 Å².